The Morgan fingerprint density at radius 2 is 1.64 bits per heavy atom. The molecule has 0 saturated heterocycles. The van der Waals surface area contributed by atoms with Gasteiger partial charge in [0.25, 0.3) is 15.9 Å². The van der Waals surface area contributed by atoms with E-state index in [1.165, 1.54) is 19.2 Å². The van der Waals surface area contributed by atoms with E-state index in [9.17, 15) is 13.2 Å². The van der Waals surface area contributed by atoms with E-state index in [2.05, 4.69) is 10.0 Å². The second-order valence-corrected chi connectivity index (χ2v) is 8.73. The summed E-state index contributed by atoms with van der Waals surface area (Å²) in [6.45, 7) is 4.08. The van der Waals surface area contributed by atoms with E-state index in [-0.39, 0.29) is 17.3 Å². The molecule has 3 aromatic rings. The summed E-state index contributed by atoms with van der Waals surface area (Å²) in [5, 5.41) is 2.65. The molecule has 0 bridgehead atoms. The van der Waals surface area contributed by atoms with Crippen molar-refractivity contribution in [3.63, 3.8) is 0 Å². The van der Waals surface area contributed by atoms with Crippen molar-refractivity contribution in [2.45, 2.75) is 18.7 Å². The van der Waals surface area contributed by atoms with Gasteiger partial charge in [-0.25, -0.2) is 8.42 Å². The first-order valence-electron chi connectivity index (χ1n) is 10.2. The Balaban J connectivity index is 1.73. The van der Waals surface area contributed by atoms with Gasteiger partial charge < -0.3 is 19.5 Å². The fraction of sp³-hybridized carbons (Fsp3) is 0.208. The number of amides is 1. The molecule has 0 unspecified atom stereocenters. The summed E-state index contributed by atoms with van der Waals surface area (Å²) in [6, 6.07) is 18.2. The lowest BCUT2D eigenvalue weighted by molar-refractivity contribution is -0.118. The fourth-order valence-electron chi connectivity index (χ4n) is 3.01. The molecule has 9 heteroatoms. The zero-order chi connectivity index (χ0) is 23.8. The molecule has 0 spiro atoms. The van der Waals surface area contributed by atoms with Crippen molar-refractivity contribution >= 4 is 27.3 Å². The van der Waals surface area contributed by atoms with Crippen LogP contribution in [0.2, 0.25) is 0 Å². The highest BCUT2D eigenvalue weighted by molar-refractivity contribution is 7.92. The molecule has 0 aliphatic rings. The molecule has 0 aliphatic carbocycles. The van der Waals surface area contributed by atoms with Crippen molar-refractivity contribution in [1.82, 2.24) is 0 Å². The highest BCUT2D eigenvalue weighted by Gasteiger charge is 2.21. The molecule has 0 heterocycles. The Hall–Kier alpha value is -3.72. The monoisotopic (exact) mass is 470 g/mol. The zero-order valence-corrected chi connectivity index (χ0v) is 19.4. The molecule has 174 valence electrons. The first kappa shape index (κ1) is 23.9. The number of sulfonamides is 1. The molecule has 1 amide bonds. The van der Waals surface area contributed by atoms with Gasteiger partial charge in [-0.3, -0.25) is 9.52 Å². The number of anilines is 2. The molecule has 3 aromatic carbocycles. The quantitative estimate of drug-likeness (QED) is 0.460. The van der Waals surface area contributed by atoms with Crippen molar-refractivity contribution in [2.75, 3.05) is 30.4 Å². The van der Waals surface area contributed by atoms with Gasteiger partial charge in [0.15, 0.2) is 6.61 Å². The van der Waals surface area contributed by atoms with Gasteiger partial charge in [-0.05, 0) is 74.0 Å². The third-order valence-corrected chi connectivity index (χ3v) is 5.92. The molecular weight excluding hydrogens is 444 g/mol. The Kier molecular flexibility index (Phi) is 7.78. The summed E-state index contributed by atoms with van der Waals surface area (Å²) >= 11 is 0. The van der Waals surface area contributed by atoms with Crippen LogP contribution in [0.4, 0.5) is 11.4 Å². The van der Waals surface area contributed by atoms with Crippen LogP contribution in [0.15, 0.2) is 71.6 Å². The van der Waals surface area contributed by atoms with Crippen molar-refractivity contribution in [3.05, 3.63) is 72.3 Å². The lowest BCUT2D eigenvalue weighted by atomic mass is 10.2. The molecule has 0 fully saturated rings. The highest BCUT2D eigenvalue weighted by Crippen LogP contribution is 2.29. The second kappa shape index (κ2) is 10.7. The Bertz CT molecular complexity index is 1210. The van der Waals surface area contributed by atoms with E-state index >= 15 is 0 Å². The number of hydrogen-bond donors (Lipinski definition) is 2. The molecule has 0 aliphatic heterocycles. The van der Waals surface area contributed by atoms with Gasteiger partial charge in [-0.15, -0.1) is 0 Å². The van der Waals surface area contributed by atoms with Crippen LogP contribution in [0.3, 0.4) is 0 Å². The summed E-state index contributed by atoms with van der Waals surface area (Å²) in [6.07, 6.45) is 0. The van der Waals surface area contributed by atoms with Crippen LogP contribution in [0.5, 0.6) is 17.2 Å². The maximum absolute atomic E-state index is 13.0. The van der Waals surface area contributed by atoms with Gasteiger partial charge in [-0.1, -0.05) is 12.1 Å². The molecule has 0 saturated carbocycles. The summed E-state index contributed by atoms with van der Waals surface area (Å²) < 4.78 is 44.6. The SMILES string of the molecule is CCOc1ccc(NS(=O)(=O)c2cc(NC(=O)COc3cccc(C)c3)ccc2OC)cc1. The van der Waals surface area contributed by atoms with Gasteiger partial charge >= 0.3 is 0 Å². The summed E-state index contributed by atoms with van der Waals surface area (Å²) in [5.41, 5.74) is 1.67. The number of rotatable bonds is 10. The minimum absolute atomic E-state index is 0.115. The Morgan fingerprint density at radius 3 is 2.30 bits per heavy atom. The van der Waals surface area contributed by atoms with E-state index < -0.39 is 15.9 Å². The minimum atomic E-state index is -4.00. The van der Waals surface area contributed by atoms with E-state index in [0.717, 1.165) is 5.56 Å². The number of carbonyl (C=O) groups is 1. The van der Waals surface area contributed by atoms with Crippen LogP contribution in [-0.4, -0.2) is 34.6 Å². The van der Waals surface area contributed by atoms with Gasteiger partial charge in [0.05, 0.1) is 13.7 Å². The molecule has 8 nitrogen and oxygen atoms in total. The number of methoxy groups -OCH3 is 1. The lowest BCUT2D eigenvalue weighted by Gasteiger charge is -2.14. The first-order chi connectivity index (χ1) is 15.8. The zero-order valence-electron chi connectivity index (χ0n) is 18.6. The molecule has 0 atom stereocenters. The third kappa shape index (κ3) is 6.63. The van der Waals surface area contributed by atoms with Crippen LogP contribution in [-0.2, 0) is 14.8 Å². The van der Waals surface area contributed by atoms with Crippen LogP contribution < -0.4 is 24.2 Å². The second-order valence-electron chi connectivity index (χ2n) is 7.08. The van der Waals surface area contributed by atoms with Crippen LogP contribution in [0.1, 0.15) is 12.5 Å². The summed E-state index contributed by atoms with van der Waals surface area (Å²) in [5.74, 6) is 0.922. The Labute approximate surface area is 193 Å². The maximum atomic E-state index is 13.0. The third-order valence-electron chi connectivity index (χ3n) is 4.51. The van der Waals surface area contributed by atoms with Gasteiger partial charge in [0.1, 0.15) is 22.1 Å². The van der Waals surface area contributed by atoms with Gasteiger partial charge in [-0.2, -0.15) is 0 Å². The lowest BCUT2D eigenvalue weighted by Crippen LogP contribution is -2.21. The average Bonchev–Trinajstić information content (AvgIpc) is 2.79. The number of ether oxygens (including phenoxy) is 3. The normalized spacial score (nSPS) is 10.9. The topological polar surface area (TPSA) is 103 Å². The van der Waals surface area contributed by atoms with E-state index in [1.54, 1.807) is 36.4 Å². The molecule has 33 heavy (non-hydrogen) atoms. The number of benzene rings is 3. The largest absolute Gasteiger partial charge is 0.495 e. The molecule has 0 aromatic heterocycles. The van der Waals surface area contributed by atoms with Crippen molar-refractivity contribution in [3.8, 4) is 17.2 Å². The van der Waals surface area contributed by atoms with Crippen LogP contribution in [0, 0.1) is 6.92 Å². The Morgan fingerprint density at radius 1 is 0.909 bits per heavy atom. The molecular formula is C24H26N2O6S. The number of hydrogen-bond acceptors (Lipinski definition) is 6. The molecule has 0 radical (unpaired) electrons. The predicted octanol–water partition coefficient (Wildman–Crippen LogP) is 4.22. The van der Waals surface area contributed by atoms with Crippen molar-refractivity contribution in [1.29, 1.82) is 0 Å². The summed E-state index contributed by atoms with van der Waals surface area (Å²) in [4.78, 5) is 12.2. The van der Waals surface area contributed by atoms with E-state index in [4.69, 9.17) is 14.2 Å². The predicted molar refractivity (Wildman–Crippen MR) is 127 cm³/mol. The molecule has 2 N–H and O–H groups in total. The van der Waals surface area contributed by atoms with Crippen LogP contribution >= 0.6 is 0 Å². The van der Waals surface area contributed by atoms with Gasteiger partial charge in [0, 0.05) is 11.4 Å². The smallest absolute Gasteiger partial charge is 0.265 e. The first-order valence-corrected chi connectivity index (χ1v) is 11.7. The van der Waals surface area contributed by atoms with Crippen molar-refractivity contribution in [2.24, 2.45) is 0 Å². The maximum Gasteiger partial charge on any atom is 0.265 e. The minimum Gasteiger partial charge on any atom is -0.495 e. The van der Waals surface area contributed by atoms with E-state index in [0.29, 0.717) is 29.5 Å². The molecule has 3 rings (SSSR count). The van der Waals surface area contributed by atoms with Crippen LogP contribution in [0.25, 0.3) is 0 Å². The number of nitrogens with one attached hydrogen (secondary N) is 2. The number of carbonyl (C=O) groups excluding carboxylic acids is 1. The fourth-order valence-corrected chi connectivity index (χ4v) is 4.27. The average molecular weight is 471 g/mol. The van der Waals surface area contributed by atoms with Crippen molar-refractivity contribution < 1.29 is 27.4 Å². The standard InChI is InChI=1S/C24H26N2O6S/c1-4-31-20-11-8-18(9-12-20)26-33(28,29)23-15-19(10-13-22(23)30-3)25-24(27)16-32-21-7-5-6-17(2)14-21/h5-15,26H,4,16H2,1-3H3,(H,25,27). The summed E-state index contributed by atoms with van der Waals surface area (Å²) in [7, 11) is -2.62. The van der Waals surface area contributed by atoms with E-state index in [1.807, 2.05) is 32.0 Å². The van der Waals surface area contributed by atoms with Gasteiger partial charge in [0.2, 0.25) is 0 Å². The number of aryl methyl sites for hydroxylation is 1. The highest BCUT2D eigenvalue weighted by atomic mass is 32.2.